The standard InChI is InChI=1S/C11H12BrNO2/c12-8-3-1-7(2-4-8)9-5-13-6-10(9)11(14)15/h1-4,9-10,13H,5-6H2,(H,14,15)/t9-,10+/m0/s1. The van der Waals surface area contributed by atoms with E-state index in [2.05, 4.69) is 15.9 Å². The van der Waals surface area contributed by atoms with Crippen LogP contribution >= 0.6 is 15.9 Å². The van der Waals surface area contributed by atoms with Crippen LogP contribution in [0.25, 0.3) is 0 Å². The second-order valence-electron chi connectivity index (χ2n) is 3.84. The van der Waals surface area contributed by atoms with E-state index >= 15 is 0 Å². The first kappa shape index (κ1) is 10.6. The number of halogens is 1. The van der Waals surface area contributed by atoms with Gasteiger partial charge in [0.25, 0.3) is 0 Å². The second-order valence-corrected chi connectivity index (χ2v) is 4.76. The highest BCUT2D eigenvalue weighted by molar-refractivity contribution is 9.10. The van der Waals surface area contributed by atoms with Crippen molar-refractivity contribution in [3.8, 4) is 0 Å². The number of carbonyl (C=O) groups excluding carboxylic acids is 1. The number of carbonyl (C=O) groups is 1. The highest BCUT2D eigenvalue weighted by Crippen LogP contribution is 2.26. The smallest absolute Gasteiger partial charge is 0.0845 e. The summed E-state index contributed by atoms with van der Waals surface area (Å²) < 4.78 is 1.01. The zero-order valence-corrected chi connectivity index (χ0v) is 9.74. The van der Waals surface area contributed by atoms with Gasteiger partial charge in [0, 0.05) is 10.4 Å². The molecule has 0 aliphatic carbocycles. The minimum absolute atomic E-state index is 0.0862. The highest BCUT2D eigenvalue weighted by Gasteiger charge is 2.32. The number of quaternary nitrogens is 1. The zero-order chi connectivity index (χ0) is 10.8. The lowest BCUT2D eigenvalue weighted by Crippen LogP contribution is -2.81. The normalized spacial score (nSPS) is 25.4. The van der Waals surface area contributed by atoms with Crippen LogP contribution < -0.4 is 10.4 Å². The zero-order valence-electron chi connectivity index (χ0n) is 8.15. The quantitative estimate of drug-likeness (QED) is 0.786. The fourth-order valence-electron chi connectivity index (χ4n) is 2.12. The average molecular weight is 270 g/mol. The van der Waals surface area contributed by atoms with Crippen LogP contribution in [0.3, 0.4) is 0 Å². The fourth-order valence-corrected chi connectivity index (χ4v) is 2.39. The van der Waals surface area contributed by atoms with E-state index in [-0.39, 0.29) is 11.8 Å². The van der Waals surface area contributed by atoms with Crippen LogP contribution in [-0.4, -0.2) is 19.1 Å². The Morgan fingerprint density at radius 2 is 2.00 bits per heavy atom. The second kappa shape index (κ2) is 4.33. The molecule has 0 amide bonds. The van der Waals surface area contributed by atoms with E-state index in [9.17, 15) is 9.90 Å². The molecule has 0 saturated carbocycles. The van der Waals surface area contributed by atoms with Crippen LogP contribution in [0, 0.1) is 5.92 Å². The third-order valence-electron chi connectivity index (χ3n) is 2.93. The van der Waals surface area contributed by atoms with Crippen molar-refractivity contribution >= 4 is 21.9 Å². The van der Waals surface area contributed by atoms with Crippen molar-refractivity contribution in [3.05, 3.63) is 34.3 Å². The Bertz CT molecular complexity index is 363. The lowest BCUT2D eigenvalue weighted by atomic mass is 9.89. The van der Waals surface area contributed by atoms with Gasteiger partial charge in [-0.1, -0.05) is 28.1 Å². The molecule has 15 heavy (non-hydrogen) atoms. The van der Waals surface area contributed by atoms with E-state index in [1.165, 1.54) is 0 Å². The molecule has 0 radical (unpaired) electrons. The van der Waals surface area contributed by atoms with Crippen LogP contribution in [-0.2, 0) is 4.79 Å². The summed E-state index contributed by atoms with van der Waals surface area (Å²) in [7, 11) is 0. The van der Waals surface area contributed by atoms with Gasteiger partial charge in [-0.05, 0) is 17.7 Å². The number of benzene rings is 1. The molecule has 1 fully saturated rings. The van der Waals surface area contributed by atoms with Crippen LogP contribution in [0.5, 0.6) is 0 Å². The van der Waals surface area contributed by atoms with Crippen molar-refractivity contribution in [1.29, 1.82) is 0 Å². The van der Waals surface area contributed by atoms with Crippen molar-refractivity contribution in [3.63, 3.8) is 0 Å². The molecule has 0 spiro atoms. The fraction of sp³-hybridized carbons (Fsp3) is 0.364. The van der Waals surface area contributed by atoms with Crippen molar-refractivity contribution in [2.45, 2.75) is 5.92 Å². The Morgan fingerprint density at radius 1 is 1.33 bits per heavy atom. The van der Waals surface area contributed by atoms with Gasteiger partial charge in [-0.3, -0.25) is 0 Å². The molecule has 2 atom stereocenters. The van der Waals surface area contributed by atoms with E-state index in [0.717, 1.165) is 16.6 Å². The maximum atomic E-state index is 10.9. The number of carboxylic acids is 1. The van der Waals surface area contributed by atoms with Gasteiger partial charge >= 0.3 is 0 Å². The molecule has 1 aromatic rings. The van der Waals surface area contributed by atoms with Crippen LogP contribution in [0.1, 0.15) is 11.5 Å². The van der Waals surface area contributed by atoms with E-state index in [4.69, 9.17) is 0 Å². The minimum Gasteiger partial charge on any atom is -0.550 e. The first-order chi connectivity index (χ1) is 7.18. The van der Waals surface area contributed by atoms with Gasteiger partial charge in [0.15, 0.2) is 0 Å². The van der Waals surface area contributed by atoms with E-state index in [0.29, 0.717) is 6.54 Å². The average Bonchev–Trinajstić information content (AvgIpc) is 2.67. The summed E-state index contributed by atoms with van der Waals surface area (Å²) in [6.45, 7) is 1.46. The summed E-state index contributed by atoms with van der Waals surface area (Å²) in [4.78, 5) is 10.9. The molecule has 4 heteroatoms. The molecule has 1 heterocycles. The summed E-state index contributed by atoms with van der Waals surface area (Å²) in [6.07, 6.45) is 0. The largest absolute Gasteiger partial charge is 0.550 e. The molecule has 1 aromatic carbocycles. The molecule has 1 aliphatic rings. The van der Waals surface area contributed by atoms with Gasteiger partial charge in [-0.2, -0.15) is 0 Å². The summed E-state index contributed by atoms with van der Waals surface area (Å²) in [5.74, 6) is -1.20. The molecule has 0 aromatic heterocycles. The van der Waals surface area contributed by atoms with Crippen LogP contribution in [0.2, 0.25) is 0 Å². The minimum atomic E-state index is -0.934. The molecule has 3 nitrogen and oxygen atoms in total. The van der Waals surface area contributed by atoms with Crippen LogP contribution in [0.15, 0.2) is 28.7 Å². The lowest BCUT2D eigenvalue weighted by molar-refractivity contribution is -0.638. The van der Waals surface area contributed by atoms with Crippen molar-refractivity contribution in [2.24, 2.45) is 5.92 Å². The van der Waals surface area contributed by atoms with Gasteiger partial charge < -0.3 is 15.2 Å². The Balaban J connectivity index is 2.22. The predicted molar refractivity (Wildman–Crippen MR) is 57.0 cm³/mol. The highest BCUT2D eigenvalue weighted by atomic mass is 79.9. The number of hydrogen-bond acceptors (Lipinski definition) is 2. The van der Waals surface area contributed by atoms with Crippen LogP contribution in [0.4, 0.5) is 0 Å². The monoisotopic (exact) mass is 269 g/mol. The molecule has 0 bridgehead atoms. The summed E-state index contributed by atoms with van der Waals surface area (Å²) in [5.41, 5.74) is 1.08. The van der Waals surface area contributed by atoms with Crippen molar-refractivity contribution < 1.29 is 15.2 Å². The topological polar surface area (TPSA) is 56.7 Å². The Kier molecular flexibility index (Phi) is 3.07. The third-order valence-corrected chi connectivity index (χ3v) is 3.46. The molecule has 2 rings (SSSR count). The summed E-state index contributed by atoms with van der Waals surface area (Å²) in [5, 5.41) is 12.9. The van der Waals surface area contributed by atoms with Crippen molar-refractivity contribution in [1.82, 2.24) is 0 Å². The first-order valence-electron chi connectivity index (χ1n) is 4.96. The van der Waals surface area contributed by atoms with Gasteiger partial charge in [-0.15, -0.1) is 0 Å². The number of nitrogens with two attached hydrogens (primary N) is 1. The third kappa shape index (κ3) is 2.21. The maximum absolute atomic E-state index is 10.9. The Morgan fingerprint density at radius 3 is 2.60 bits per heavy atom. The number of rotatable bonds is 2. The maximum Gasteiger partial charge on any atom is 0.0845 e. The molecule has 2 N–H and O–H groups in total. The molecule has 80 valence electrons. The van der Waals surface area contributed by atoms with Crippen molar-refractivity contribution in [2.75, 3.05) is 13.1 Å². The van der Waals surface area contributed by atoms with E-state index in [1.807, 2.05) is 29.6 Å². The number of hydrogen-bond donors (Lipinski definition) is 1. The van der Waals surface area contributed by atoms with Gasteiger partial charge in [0.05, 0.1) is 25.0 Å². The first-order valence-corrected chi connectivity index (χ1v) is 5.76. The molecular weight excluding hydrogens is 258 g/mol. The Hall–Kier alpha value is -0.870. The SMILES string of the molecule is O=C([O-])[C@@H]1C[NH2+]C[C@H]1c1ccc(Br)cc1. The molecule has 1 saturated heterocycles. The number of aliphatic carboxylic acids is 1. The Labute approximate surface area is 96.6 Å². The van der Waals surface area contributed by atoms with E-state index < -0.39 is 5.97 Å². The summed E-state index contributed by atoms with van der Waals surface area (Å²) >= 11 is 3.36. The lowest BCUT2D eigenvalue weighted by Gasteiger charge is -2.16. The van der Waals surface area contributed by atoms with Gasteiger partial charge in [0.1, 0.15) is 0 Å². The van der Waals surface area contributed by atoms with E-state index in [1.54, 1.807) is 0 Å². The molecular formula is C11H12BrNO2. The van der Waals surface area contributed by atoms with Gasteiger partial charge in [-0.25, -0.2) is 0 Å². The molecule has 0 unspecified atom stereocenters. The predicted octanol–water partition coefficient (Wildman–Crippen LogP) is -0.524. The molecule has 1 aliphatic heterocycles. The summed E-state index contributed by atoms with van der Waals surface area (Å²) in [6, 6.07) is 7.84. The number of carboxylic acid groups (broad SMARTS) is 1. The van der Waals surface area contributed by atoms with Gasteiger partial charge in [0.2, 0.25) is 0 Å².